The summed E-state index contributed by atoms with van der Waals surface area (Å²) in [5, 5.41) is 10.8. The molecule has 0 saturated heterocycles. The van der Waals surface area contributed by atoms with Crippen LogP contribution in [-0.2, 0) is 0 Å². The van der Waals surface area contributed by atoms with Gasteiger partial charge in [0.25, 0.3) is 5.69 Å². The van der Waals surface area contributed by atoms with E-state index in [9.17, 15) is 10.1 Å². The number of imidazole rings is 1. The zero-order valence-electron chi connectivity index (χ0n) is 10.3. The van der Waals surface area contributed by atoms with Crippen LogP contribution in [0, 0.1) is 17.0 Å². The van der Waals surface area contributed by atoms with Crippen molar-refractivity contribution < 1.29 is 4.92 Å². The minimum atomic E-state index is -0.398. The van der Waals surface area contributed by atoms with E-state index in [-0.39, 0.29) is 5.69 Å². The van der Waals surface area contributed by atoms with Gasteiger partial charge >= 0.3 is 0 Å². The molecule has 0 aliphatic carbocycles. The summed E-state index contributed by atoms with van der Waals surface area (Å²) >= 11 is 0. The van der Waals surface area contributed by atoms with Crippen molar-refractivity contribution in [3.8, 4) is 11.3 Å². The number of hydrogen-bond acceptors (Lipinski definition) is 3. The third kappa shape index (κ3) is 1.95. The zero-order valence-corrected chi connectivity index (χ0v) is 10.3. The quantitative estimate of drug-likeness (QED) is 0.520. The number of pyridine rings is 1. The second-order valence-electron chi connectivity index (χ2n) is 4.33. The van der Waals surface area contributed by atoms with E-state index in [0.717, 1.165) is 22.6 Å². The molecular formula is C14H11N3O2. The lowest BCUT2D eigenvalue weighted by molar-refractivity contribution is -0.384. The first-order valence-corrected chi connectivity index (χ1v) is 5.85. The molecule has 19 heavy (non-hydrogen) atoms. The highest BCUT2D eigenvalue weighted by molar-refractivity contribution is 5.65. The van der Waals surface area contributed by atoms with Crippen molar-refractivity contribution in [1.29, 1.82) is 0 Å². The molecule has 5 nitrogen and oxygen atoms in total. The molecule has 0 amide bonds. The summed E-state index contributed by atoms with van der Waals surface area (Å²) in [6.07, 6.45) is 1.89. The number of fused-ring (bicyclic) bond motifs is 1. The number of benzene rings is 1. The van der Waals surface area contributed by atoms with Crippen LogP contribution in [0.3, 0.4) is 0 Å². The van der Waals surface area contributed by atoms with Crippen LogP contribution in [0.4, 0.5) is 5.69 Å². The van der Waals surface area contributed by atoms with Crippen LogP contribution in [0.5, 0.6) is 0 Å². The number of nitro groups is 1. The van der Waals surface area contributed by atoms with Crippen LogP contribution in [0.15, 0.2) is 48.7 Å². The molecule has 0 spiro atoms. The number of aryl methyl sites for hydroxylation is 1. The van der Waals surface area contributed by atoms with Gasteiger partial charge in [0.15, 0.2) is 0 Å². The lowest BCUT2D eigenvalue weighted by Gasteiger charge is -1.96. The van der Waals surface area contributed by atoms with Gasteiger partial charge in [-0.3, -0.25) is 10.1 Å². The Hall–Kier alpha value is -2.69. The first-order chi connectivity index (χ1) is 9.15. The predicted octanol–water partition coefficient (Wildman–Crippen LogP) is 3.22. The Bertz CT molecular complexity index is 777. The third-order valence-corrected chi connectivity index (χ3v) is 3.05. The number of nitrogens with zero attached hydrogens (tertiary/aromatic N) is 3. The standard InChI is InChI=1S/C14H11N3O2/c1-10-4-2-7-14-15-13(9-16(10)14)11-5-3-6-12(8-11)17(18)19/h2-9H,1H3. The van der Waals surface area contributed by atoms with E-state index in [0.29, 0.717) is 0 Å². The first kappa shape index (κ1) is 11.4. The fourth-order valence-corrected chi connectivity index (χ4v) is 2.07. The van der Waals surface area contributed by atoms with E-state index < -0.39 is 4.92 Å². The van der Waals surface area contributed by atoms with Crippen molar-refractivity contribution in [3.05, 3.63) is 64.5 Å². The summed E-state index contributed by atoms with van der Waals surface area (Å²) in [6, 6.07) is 12.4. The number of hydrogen-bond donors (Lipinski definition) is 0. The molecule has 2 heterocycles. The van der Waals surface area contributed by atoms with Crippen LogP contribution in [0.2, 0.25) is 0 Å². The van der Waals surface area contributed by atoms with E-state index >= 15 is 0 Å². The Morgan fingerprint density at radius 2 is 2.00 bits per heavy atom. The lowest BCUT2D eigenvalue weighted by Crippen LogP contribution is -1.88. The van der Waals surface area contributed by atoms with Crippen LogP contribution in [0.25, 0.3) is 16.9 Å². The van der Waals surface area contributed by atoms with Gasteiger partial charge in [-0.25, -0.2) is 4.98 Å². The van der Waals surface area contributed by atoms with Gasteiger partial charge in [-0.05, 0) is 19.1 Å². The molecule has 0 N–H and O–H groups in total. The first-order valence-electron chi connectivity index (χ1n) is 5.85. The van der Waals surface area contributed by atoms with Crippen molar-refractivity contribution in [2.45, 2.75) is 6.92 Å². The summed E-state index contributed by atoms with van der Waals surface area (Å²) in [5.41, 5.74) is 3.46. The van der Waals surface area contributed by atoms with Crippen molar-refractivity contribution in [3.63, 3.8) is 0 Å². The maximum atomic E-state index is 10.8. The van der Waals surface area contributed by atoms with Gasteiger partial charge in [-0.1, -0.05) is 18.2 Å². The van der Waals surface area contributed by atoms with Crippen LogP contribution < -0.4 is 0 Å². The topological polar surface area (TPSA) is 60.4 Å². The Morgan fingerprint density at radius 1 is 1.21 bits per heavy atom. The molecule has 3 aromatic rings. The van der Waals surface area contributed by atoms with Crippen LogP contribution in [0.1, 0.15) is 5.69 Å². The SMILES string of the molecule is Cc1cccc2nc(-c3cccc([N+](=O)[O-])c3)cn12. The Kier molecular flexibility index (Phi) is 2.52. The summed E-state index contributed by atoms with van der Waals surface area (Å²) < 4.78 is 1.97. The van der Waals surface area contributed by atoms with E-state index in [2.05, 4.69) is 4.98 Å². The van der Waals surface area contributed by atoms with Gasteiger partial charge in [-0.2, -0.15) is 0 Å². The van der Waals surface area contributed by atoms with Gasteiger partial charge in [0.05, 0.1) is 10.6 Å². The molecule has 0 unspecified atom stereocenters. The molecule has 0 aliphatic rings. The van der Waals surface area contributed by atoms with E-state index in [1.165, 1.54) is 12.1 Å². The Balaban J connectivity index is 2.16. The summed E-state index contributed by atoms with van der Waals surface area (Å²) in [4.78, 5) is 14.9. The molecule has 0 fully saturated rings. The third-order valence-electron chi connectivity index (χ3n) is 3.05. The van der Waals surface area contributed by atoms with E-state index in [1.54, 1.807) is 6.07 Å². The average Bonchev–Trinajstić information content (AvgIpc) is 2.84. The fourth-order valence-electron chi connectivity index (χ4n) is 2.07. The van der Waals surface area contributed by atoms with Crippen LogP contribution in [-0.4, -0.2) is 14.3 Å². The molecule has 1 aromatic carbocycles. The smallest absolute Gasteiger partial charge is 0.270 e. The van der Waals surface area contributed by atoms with Gasteiger partial charge in [0.2, 0.25) is 0 Å². The molecule has 94 valence electrons. The number of non-ortho nitro benzene ring substituents is 1. The zero-order chi connectivity index (χ0) is 13.4. The summed E-state index contributed by atoms with van der Waals surface area (Å²) in [6.45, 7) is 1.99. The number of aromatic nitrogens is 2. The van der Waals surface area contributed by atoms with Crippen molar-refractivity contribution in [1.82, 2.24) is 9.38 Å². The predicted molar refractivity (Wildman–Crippen MR) is 72.0 cm³/mol. The summed E-state index contributed by atoms with van der Waals surface area (Å²) in [5.74, 6) is 0. The minimum Gasteiger partial charge on any atom is -0.304 e. The molecule has 0 aliphatic heterocycles. The second kappa shape index (κ2) is 4.20. The van der Waals surface area contributed by atoms with Gasteiger partial charge in [-0.15, -0.1) is 0 Å². The minimum absolute atomic E-state index is 0.0753. The molecule has 0 saturated carbocycles. The maximum absolute atomic E-state index is 10.8. The summed E-state index contributed by atoms with van der Waals surface area (Å²) in [7, 11) is 0. The molecule has 0 radical (unpaired) electrons. The van der Waals surface area contributed by atoms with Crippen molar-refractivity contribution in [2.75, 3.05) is 0 Å². The second-order valence-corrected chi connectivity index (χ2v) is 4.33. The monoisotopic (exact) mass is 253 g/mol. The van der Waals surface area contributed by atoms with Gasteiger partial charge < -0.3 is 4.40 Å². The fraction of sp³-hybridized carbons (Fsp3) is 0.0714. The van der Waals surface area contributed by atoms with Crippen LogP contribution >= 0.6 is 0 Å². The lowest BCUT2D eigenvalue weighted by atomic mass is 10.1. The number of nitro benzene ring substituents is 1. The normalized spacial score (nSPS) is 10.8. The molecule has 5 heteroatoms. The van der Waals surface area contributed by atoms with Crippen molar-refractivity contribution in [2.24, 2.45) is 0 Å². The molecule has 2 aromatic heterocycles. The average molecular weight is 253 g/mol. The molecule has 0 atom stereocenters. The van der Waals surface area contributed by atoms with Gasteiger partial charge in [0.1, 0.15) is 5.65 Å². The largest absolute Gasteiger partial charge is 0.304 e. The Labute approximate surface area is 109 Å². The Morgan fingerprint density at radius 3 is 2.74 bits per heavy atom. The molecule has 3 rings (SSSR count). The highest BCUT2D eigenvalue weighted by atomic mass is 16.6. The highest BCUT2D eigenvalue weighted by Crippen LogP contribution is 2.23. The molecular weight excluding hydrogens is 242 g/mol. The van der Waals surface area contributed by atoms with E-state index in [1.807, 2.05) is 41.8 Å². The highest BCUT2D eigenvalue weighted by Gasteiger charge is 2.10. The number of rotatable bonds is 2. The van der Waals surface area contributed by atoms with E-state index in [4.69, 9.17) is 0 Å². The molecule has 0 bridgehead atoms. The maximum Gasteiger partial charge on any atom is 0.270 e. The van der Waals surface area contributed by atoms with Crippen molar-refractivity contribution >= 4 is 11.3 Å². The van der Waals surface area contributed by atoms with Gasteiger partial charge in [0, 0.05) is 29.6 Å².